The lowest BCUT2D eigenvalue weighted by Gasteiger charge is -2.29. The molecule has 0 aliphatic heterocycles. The van der Waals surface area contributed by atoms with E-state index in [9.17, 15) is 28.3 Å². The van der Waals surface area contributed by atoms with Gasteiger partial charge in [0.15, 0.2) is 0 Å². The highest BCUT2D eigenvalue weighted by atomic mass is 32.2. The molecule has 1 aromatic rings. The second-order valence-electron chi connectivity index (χ2n) is 8.43. The highest BCUT2D eigenvalue weighted by Gasteiger charge is 2.35. The summed E-state index contributed by atoms with van der Waals surface area (Å²) < 4.78 is 25.1. The van der Waals surface area contributed by atoms with Crippen molar-refractivity contribution in [1.29, 1.82) is 0 Å². The number of nitrogens with one attached hydrogen (secondary N) is 2. The molecule has 9 nitrogen and oxygen atoms in total. The van der Waals surface area contributed by atoms with Gasteiger partial charge >= 0.3 is 0 Å². The lowest BCUT2D eigenvalue weighted by atomic mass is 9.82. The largest absolute Gasteiger partial charge is 0.396 e. The van der Waals surface area contributed by atoms with Crippen molar-refractivity contribution in [2.75, 3.05) is 19.4 Å². The Balaban J connectivity index is 3.15. The molecule has 0 heterocycles. The van der Waals surface area contributed by atoms with Crippen LogP contribution in [0.4, 0.5) is 0 Å². The molecular weight excluding hydrogens is 434 g/mol. The van der Waals surface area contributed by atoms with Crippen LogP contribution in [0.2, 0.25) is 0 Å². The number of carbonyl (C=O) groups is 2. The third-order valence-corrected chi connectivity index (χ3v) is 5.96. The van der Waals surface area contributed by atoms with Crippen molar-refractivity contribution in [2.45, 2.75) is 33.6 Å². The van der Waals surface area contributed by atoms with E-state index in [0.29, 0.717) is 6.42 Å². The molecule has 1 aromatic carbocycles. The number of hydrazine groups is 1. The molecule has 180 valence electrons. The summed E-state index contributed by atoms with van der Waals surface area (Å²) in [5, 5.41) is 18.5. The van der Waals surface area contributed by atoms with Gasteiger partial charge in [0.1, 0.15) is 0 Å². The Bertz CT molecular complexity index is 858. The van der Waals surface area contributed by atoms with E-state index in [4.69, 9.17) is 0 Å². The van der Waals surface area contributed by atoms with E-state index in [-0.39, 0.29) is 25.5 Å². The number of rotatable bonds is 13. The van der Waals surface area contributed by atoms with Crippen LogP contribution in [0, 0.1) is 23.7 Å². The molecule has 0 radical (unpaired) electrons. The minimum Gasteiger partial charge on any atom is -0.396 e. The number of aliphatic hydroxyl groups excluding tert-OH is 1. The summed E-state index contributed by atoms with van der Waals surface area (Å²) in [7, 11) is -3.81. The number of sulfonamides is 1. The fourth-order valence-electron chi connectivity index (χ4n) is 3.22. The summed E-state index contributed by atoms with van der Waals surface area (Å²) in [6, 6.07) is 9.41. The van der Waals surface area contributed by atoms with Crippen molar-refractivity contribution in [1.82, 2.24) is 15.3 Å². The van der Waals surface area contributed by atoms with E-state index in [1.54, 1.807) is 18.5 Å². The van der Waals surface area contributed by atoms with Gasteiger partial charge in [-0.25, -0.2) is 13.9 Å². The van der Waals surface area contributed by atoms with Crippen LogP contribution >= 0.6 is 0 Å². The Labute approximate surface area is 190 Å². The number of hydrogen-bond acceptors (Lipinski definition) is 6. The van der Waals surface area contributed by atoms with Crippen LogP contribution < -0.4 is 10.9 Å². The second kappa shape index (κ2) is 13.3. The highest BCUT2D eigenvalue weighted by Crippen LogP contribution is 2.26. The fraction of sp³-hybridized carbons (Fsp3) is 0.545. The van der Waals surface area contributed by atoms with E-state index < -0.39 is 39.6 Å². The van der Waals surface area contributed by atoms with Crippen LogP contribution in [0.5, 0.6) is 0 Å². The van der Waals surface area contributed by atoms with Gasteiger partial charge in [0.05, 0.1) is 18.1 Å². The van der Waals surface area contributed by atoms with Gasteiger partial charge in [0.25, 0.3) is 0 Å². The van der Waals surface area contributed by atoms with E-state index in [1.807, 2.05) is 50.3 Å². The van der Waals surface area contributed by atoms with Crippen molar-refractivity contribution in [3.8, 4) is 0 Å². The van der Waals surface area contributed by atoms with Crippen LogP contribution in [0.3, 0.4) is 0 Å². The first-order valence-corrected chi connectivity index (χ1v) is 12.4. The normalized spacial score (nSPS) is 15.0. The number of nitrogens with zero attached hydrogens (tertiary/aromatic N) is 1. The first-order chi connectivity index (χ1) is 15.0. The first-order valence-electron chi connectivity index (χ1n) is 10.5. The van der Waals surface area contributed by atoms with E-state index >= 15 is 0 Å². The van der Waals surface area contributed by atoms with Crippen LogP contribution in [0.25, 0.3) is 6.08 Å². The third kappa shape index (κ3) is 9.47. The Morgan fingerprint density at radius 1 is 1.09 bits per heavy atom. The van der Waals surface area contributed by atoms with Crippen molar-refractivity contribution in [2.24, 2.45) is 23.7 Å². The maximum Gasteiger partial charge on any atom is 0.247 e. The third-order valence-electron chi connectivity index (χ3n) is 4.92. The van der Waals surface area contributed by atoms with Crippen molar-refractivity contribution < 1.29 is 28.3 Å². The lowest BCUT2D eigenvalue weighted by Crippen LogP contribution is -2.52. The SMILES string of the molecule is CC(C)C[C@@H](C(=O)NN(C[C@@H](C)CO)S(C)(=O)=O)[C@H](C/C=C/c1ccccc1)C(=O)NO. The highest BCUT2D eigenvalue weighted by molar-refractivity contribution is 7.88. The number of benzene rings is 1. The molecule has 0 saturated carbocycles. The van der Waals surface area contributed by atoms with Gasteiger partial charge < -0.3 is 5.11 Å². The monoisotopic (exact) mass is 469 g/mol. The molecule has 2 amide bonds. The Morgan fingerprint density at radius 3 is 2.22 bits per heavy atom. The molecule has 4 N–H and O–H groups in total. The molecule has 0 aliphatic carbocycles. The van der Waals surface area contributed by atoms with E-state index in [1.165, 1.54) is 0 Å². The van der Waals surface area contributed by atoms with Gasteiger partial charge in [0.2, 0.25) is 21.8 Å². The number of carbonyl (C=O) groups excluding carboxylic acids is 2. The summed E-state index contributed by atoms with van der Waals surface area (Å²) in [4.78, 5) is 25.6. The molecule has 3 atom stereocenters. The zero-order valence-corrected chi connectivity index (χ0v) is 19.9. The number of amides is 2. The van der Waals surface area contributed by atoms with Gasteiger partial charge in [-0.3, -0.25) is 20.2 Å². The van der Waals surface area contributed by atoms with Crippen LogP contribution in [0.15, 0.2) is 36.4 Å². The van der Waals surface area contributed by atoms with E-state index in [0.717, 1.165) is 16.2 Å². The molecule has 0 spiro atoms. The van der Waals surface area contributed by atoms with Crippen LogP contribution in [-0.2, 0) is 19.6 Å². The zero-order chi connectivity index (χ0) is 24.3. The standard InChI is InChI=1S/C22H35N3O6S/c1-16(2)13-20(21(27)23-25(32(4,30)31)14-17(3)15-26)19(22(28)24-29)12-8-11-18-9-6-5-7-10-18/h5-11,16-17,19-20,26,29H,12-15H2,1-4H3,(H,23,27)(H,24,28)/b11-8+/t17-,19+,20-/m1/s1. The molecule has 1 rings (SSSR count). The van der Waals surface area contributed by atoms with Crippen molar-refractivity contribution in [3.05, 3.63) is 42.0 Å². The number of hydroxylamine groups is 1. The zero-order valence-electron chi connectivity index (χ0n) is 19.1. The summed E-state index contributed by atoms with van der Waals surface area (Å²) in [5.74, 6) is -3.55. The van der Waals surface area contributed by atoms with Gasteiger partial charge in [-0.05, 0) is 30.2 Å². The maximum absolute atomic E-state index is 13.1. The molecule has 0 bridgehead atoms. The summed E-state index contributed by atoms with van der Waals surface area (Å²) in [6.45, 7) is 5.05. The average Bonchev–Trinajstić information content (AvgIpc) is 2.74. The number of hydrogen-bond donors (Lipinski definition) is 4. The minimum absolute atomic E-state index is 0.0286. The summed E-state index contributed by atoms with van der Waals surface area (Å²) in [5.41, 5.74) is 4.95. The smallest absolute Gasteiger partial charge is 0.247 e. The average molecular weight is 470 g/mol. The number of allylic oxidation sites excluding steroid dienone is 1. The van der Waals surface area contributed by atoms with Crippen molar-refractivity contribution >= 4 is 27.9 Å². The molecule has 10 heteroatoms. The van der Waals surface area contributed by atoms with Crippen LogP contribution in [-0.4, -0.2) is 54.4 Å². The molecule has 0 fully saturated rings. The predicted molar refractivity (Wildman–Crippen MR) is 122 cm³/mol. The second-order valence-corrected chi connectivity index (χ2v) is 10.3. The molecule has 0 aromatic heterocycles. The maximum atomic E-state index is 13.1. The summed E-state index contributed by atoms with van der Waals surface area (Å²) in [6.07, 6.45) is 4.98. The number of aliphatic hydroxyl groups is 1. The minimum atomic E-state index is -3.81. The molecular formula is C22H35N3O6S. The van der Waals surface area contributed by atoms with Crippen LogP contribution in [0.1, 0.15) is 39.2 Å². The Hall–Kier alpha value is -2.27. The molecule has 0 aliphatic rings. The molecule has 0 unspecified atom stereocenters. The topological polar surface area (TPSA) is 136 Å². The predicted octanol–water partition coefficient (Wildman–Crippen LogP) is 1.79. The van der Waals surface area contributed by atoms with E-state index in [2.05, 4.69) is 5.43 Å². The van der Waals surface area contributed by atoms with Gasteiger partial charge in [-0.15, -0.1) is 4.41 Å². The van der Waals surface area contributed by atoms with Gasteiger partial charge in [-0.2, -0.15) is 0 Å². The fourth-order valence-corrected chi connectivity index (χ4v) is 4.01. The Kier molecular flexibility index (Phi) is 11.6. The van der Waals surface area contributed by atoms with Gasteiger partial charge in [0, 0.05) is 13.2 Å². The summed E-state index contributed by atoms with van der Waals surface area (Å²) >= 11 is 0. The van der Waals surface area contributed by atoms with Gasteiger partial charge in [-0.1, -0.05) is 63.3 Å². The van der Waals surface area contributed by atoms with Crippen molar-refractivity contribution in [3.63, 3.8) is 0 Å². The lowest BCUT2D eigenvalue weighted by molar-refractivity contribution is -0.142. The quantitative estimate of drug-likeness (QED) is 0.257. The molecule has 0 saturated heterocycles. The Morgan fingerprint density at radius 2 is 1.72 bits per heavy atom. The first kappa shape index (κ1) is 27.8. The molecule has 32 heavy (non-hydrogen) atoms.